The molecule has 69 heavy (non-hydrogen) atoms. The first kappa shape index (κ1) is 49.5. The Morgan fingerprint density at radius 1 is 0.362 bits per heavy atom. The van der Waals surface area contributed by atoms with Crippen LogP contribution in [0.5, 0.6) is 23.0 Å². The van der Waals surface area contributed by atoms with Gasteiger partial charge in [-0.05, 0) is 112 Å². The van der Waals surface area contributed by atoms with E-state index in [1.165, 1.54) is 0 Å². The third kappa shape index (κ3) is 10.5. The van der Waals surface area contributed by atoms with Crippen LogP contribution < -0.4 is 28.9 Å². The number of hydrogen-bond acceptors (Lipinski definition) is 10. The van der Waals surface area contributed by atoms with Crippen molar-refractivity contribution >= 4 is 44.1 Å². The monoisotopic (exact) mass is 1020 g/mol. The van der Waals surface area contributed by atoms with Gasteiger partial charge in [-0.15, -0.1) is 0 Å². The van der Waals surface area contributed by atoms with Gasteiger partial charge in [-0.25, -0.2) is 9.97 Å². The van der Waals surface area contributed by atoms with Crippen molar-refractivity contribution in [1.29, 1.82) is 0 Å². The van der Waals surface area contributed by atoms with E-state index in [0.29, 0.717) is 92.6 Å². The van der Waals surface area contributed by atoms with Crippen LogP contribution >= 0.6 is 0 Å². The molecule has 0 N–H and O–H groups in total. The van der Waals surface area contributed by atoms with Crippen LogP contribution in [-0.2, 0) is 20.4 Å². The van der Waals surface area contributed by atoms with E-state index in [1.807, 2.05) is 72.8 Å². The van der Waals surface area contributed by atoms with Crippen LogP contribution in [0.1, 0.15) is 109 Å². The minimum absolute atomic E-state index is 0. The normalized spacial score (nSPS) is 13.9. The maximum Gasteiger partial charge on any atom is 2.00 e. The molecule has 0 saturated carbocycles. The van der Waals surface area contributed by atoms with Crippen molar-refractivity contribution in [2.45, 2.75) is 133 Å². The van der Waals surface area contributed by atoms with Crippen molar-refractivity contribution < 1.29 is 39.4 Å². The van der Waals surface area contributed by atoms with Crippen LogP contribution in [0.25, 0.3) is 89.7 Å². The molecule has 12 nitrogen and oxygen atoms in total. The zero-order valence-electron chi connectivity index (χ0n) is 41.9. The summed E-state index contributed by atoms with van der Waals surface area (Å²) in [6.45, 7) is 26.0. The summed E-state index contributed by atoms with van der Waals surface area (Å²) in [5, 5.41) is 2.99. The first-order valence-corrected chi connectivity index (χ1v) is 24.5. The Morgan fingerprint density at radius 2 is 0.667 bits per heavy atom. The molecular formula is C56H64N8O4Pd. The topological polar surface area (TPSA) is 142 Å². The Bertz CT molecular complexity index is 3160. The average Bonchev–Trinajstić information content (AvgIpc) is 3.99. The Balaban J connectivity index is 0.00000642. The molecule has 2 aliphatic heterocycles. The molecule has 0 amide bonds. The van der Waals surface area contributed by atoms with E-state index in [4.69, 9.17) is 58.8 Å². The summed E-state index contributed by atoms with van der Waals surface area (Å²) in [7, 11) is 0. The predicted molar refractivity (Wildman–Crippen MR) is 272 cm³/mol. The van der Waals surface area contributed by atoms with E-state index in [-0.39, 0.29) is 44.8 Å². The molecule has 4 unspecified atom stereocenters. The molecule has 8 bridgehead atoms. The number of fused-ring (bicyclic) bond motifs is 20. The van der Waals surface area contributed by atoms with Crippen molar-refractivity contribution in [2.75, 3.05) is 0 Å². The molecule has 9 rings (SSSR count). The van der Waals surface area contributed by atoms with E-state index < -0.39 is 0 Å². The van der Waals surface area contributed by atoms with E-state index >= 15 is 0 Å². The van der Waals surface area contributed by atoms with Crippen LogP contribution in [0.2, 0.25) is 0 Å². The summed E-state index contributed by atoms with van der Waals surface area (Å²) in [5.41, 5.74) is 4.70. The van der Waals surface area contributed by atoms with Crippen molar-refractivity contribution in [3.63, 3.8) is 0 Å². The molecule has 0 aliphatic carbocycles. The molecule has 0 radical (unpaired) electrons. The average molecular weight is 1020 g/mol. The van der Waals surface area contributed by atoms with E-state index in [0.717, 1.165) is 69.5 Å². The standard InChI is InChI=1S/C56H64N8O4.Pd/c1-29(2)25-33(9)65-41-21-13-17-37-45(41)53-58-49(37)57-50-38-18-14-22-42(66-34(10)26-30(3)4)46(38)54(59-50)61-52-40-20-16-24-44(68-36(12)28-32(7)8)48(40)56(63-52)64-55-47-39(51(60-53)62-55)19-15-23-43(47)67-35(11)27-31(5)6;/h13-24,29-36H,25-28H2,1-12H3;/q-2;+2. The van der Waals surface area contributed by atoms with Crippen LogP contribution in [0.4, 0.5) is 0 Å². The summed E-state index contributed by atoms with van der Waals surface area (Å²) >= 11 is 0. The minimum atomic E-state index is -0.0766. The van der Waals surface area contributed by atoms with Gasteiger partial charge in [0, 0.05) is 44.5 Å². The van der Waals surface area contributed by atoms with Crippen molar-refractivity contribution in [3.8, 4) is 68.5 Å². The zero-order chi connectivity index (χ0) is 48.0. The van der Waals surface area contributed by atoms with Gasteiger partial charge in [-0.1, -0.05) is 104 Å². The fraction of sp³-hybridized carbons (Fsp3) is 0.429. The second-order valence-electron chi connectivity index (χ2n) is 20.4. The summed E-state index contributed by atoms with van der Waals surface area (Å²) < 4.78 is 27.0. The van der Waals surface area contributed by atoms with E-state index in [9.17, 15) is 0 Å². The summed E-state index contributed by atoms with van der Waals surface area (Å²) in [6.07, 6.45) is 3.19. The molecular weight excluding hydrogens is 955 g/mol. The molecule has 4 aromatic carbocycles. The number of ether oxygens (including phenoxy) is 4. The third-order valence-electron chi connectivity index (χ3n) is 12.2. The van der Waals surface area contributed by atoms with Gasteiger partial charge in [-0.2, -0.15) is 0 Å². The fourth-order valence-corrected chi connectivity index (χ4v) is 9.83. The van der Waals surface area contributed by atoms with Crippen LogP contribution in [-0.4, -0.2) is 54.3 Å². The van der Waals surface area contributed by atoms with Crippen molar-refractivity contribution in [2.24, 2.45) is 23.7 Å². The molecule has 0 saturated heterocycles. The van der Waals surface area contributed by atoms with Crippen molar-refractivity contribution in [3.05, 3.63) is 72.8 Å². The molecule has 5 heterocycles. The van der Waals surface area contributed by atoms with Gasteiger partial charge in [0.05, 0.1) is 58.8 Å². The van der Waals surface area contributed by atoms with E-state index in [1.54, 1.807) is 0 Å². The zero-order valence-corrected chi connectivity index (χ0v) is 43.5. The number of nitrogens with zero attached hydrogens (tertiary/aromatic N) is 8. The number of rotatable bonds is 16. The molecule has 0 spiro atoms. The van der Waals surface area contributed by atoms with Crippen molar-refractivity contribution in [1.82, 2.24) is 39.9 Å². The summed E-state index contributed by atoms with van der Waals surface area (Å²) in [5.74, 6) is 6.11. The SMILES string of the molecule is CC(C)CC(C)Oc1cccc2c1-c1nc-2nc2[n-]c(nc3nc(nc4[n-]c(n1)c1cccc(OC(C)CC(C)C)c41)-c1c(OC(C)CC(C)C)cccc1-3)c1c(OC(C)CC(C)C)cccc21.[Pd+2]. The first-order chi connectivity index (χ1) is 32.6. The predicted octanol–water partition coefficient (Wildman–Crippen LogP) is 13.4. The molecule has 4 atom stereocenters. The molecule has 362 valence electrons. The molecule has 7 aromatic rings. The second kappa shape index (κ2) is 20.6. The van der Waals surface area contributed by atoms with Gasteiger partial charge in [0.25, 0.3) is 0 Å². The maximum absolute atomic E-state index is 6.76. The summed E-state index contributed by atoms with van der Waals surface area (Å²) in [6, 6.07) is 23.9. The van der Waals surface area contributed by atoms with Gasteiger partial charge in [0.15, 0.2) is 0 Å². The Labute approximate surface area is 419 Å². The van der Waals surface area contributed by atoms with Gasteiger partial charge in [0.1, 0.15) is 23.0 Å². The van der Waals surface area contributed by atoms with Gasteiger partial charge < -0.3 is 48.9 Å². The molecule has 3 aromatic heterocycles. The Kier molecular flexibility index (Phi) is 14.8. The molecule has 0 fully saturated rings. The van der Waals surface area contributed by atoms with Crippen LogP contribution in [0, 0.1) is 23.7 Å². The second-order valence-corrected chi connectivity index (χ2v) is 20.4. The van der Waals surface area contributed by atoms with Gasteiger partial charge in [-0.3, -0.25) is 0 Å². The van der Waals surface area contributed by atoms with Crippen LogP contribution in [0.15, 0.2) is 72.8 Å². The number of hydrogen-bond donors (Lipinski definition) is 0. The minimum Gasteiger partial charge on any atom is -0.490 e. The molecule has 2 aliphatic rings. The first-order valence-electron chi connectivity index (χ1n) is 24.5. The maximum atomic E-state index is 6.76. The fourth-order valence-electron chi connectivity index (χ4n) is 9.83. The largest absolute Gasteiger partial charge is 2.00 e. The van der Waals surface area contributed by atoms with Gasteiger partial charge in [0.2, 0.25) is 0 Å². The summed E-state index contributed by atoms with van der Waals surface area (Å²) in [4.78, 5) is 42.2. The number of benzene rings is 4. The van der Waals surface area contributed by atoms with E-state index in [2.05, 4.69) is 83.1 Å². The smallest absolute Gasteiger partial charge is 0.490 e. The number of aromatic nitrogens is 8. The quantitative estimate of drug-likeness (QED) is 0.0850. The third-order valence-corrected chi connectivity index (χ3v) is 12.2. The molecule has 13 heteroatoms. The Hall–Kier alpha value is -5.90. The van der Waals surface area contributed by atoms with Gasteiger partial charge >= 0.3 is 20.4 Å². The van der Waals surface area contributed by atoms with Crippen LogP contribution in [0.3, 0.4) is 0 Å². The Morgan fingerprint density at radius 3 is 1.04 bits per heavy atom.